The molecule has 0 aliphatic carbocycles. The van der Waals surface area contributed by atoms with Crippen molar-refractivity contribution in [2.45, 2.75) is 19.9 Å². The molecule has 0 spiro atoms. The van der Waals surface area contributed by atoms with Gasteiger partial charge in [-0.05, 0) is 46.6 Å². The molecule has 0 saturated carbocycles. The van der Waals surface area contributed by atoms with Crippen molar-refractivity contribution < 1.29 is 4.79 Å². The monoisotopic (exact) mass is 341 g/mol. The molecule has 1 N–H and O–H groups in total. The van der Waals surface area contributed by atoms with E-state index in [1.165, 1.54) is 0 Å². The number of nitrogens with one attached hydrogen (secondary N) is 1. The first kappa shape index (κ1) is 14.1. The second-order valence-electron chi connectivity index (χ2n) is 4.15. The standard InChI is InChI=1S/C13H13BrClN3O/c1-9-7-10(14)12(8-11(9)15)17-13(19)3-6-18-5-2-4-16-18/h2,4-5,7-8H,3,6H2,1H3,(H,17,19). The van der Waals surface area contributed by atoms with Gasteiger partial charge in [-0.1, -0.05) is 11.6 Å². The number of carbonyl (C=O) groups excluding carboxylic acids is 1. The molecule has 0 aliphatic rings. The first-order chi connectivity index (χ1) is 9.06. The lowest BCUT2D eigenvalue weighted by molar-refractivity contribution is -0.116. The molecule has 1 aromatic heterocycles. The molecule has 0 radical (unpaired) electrons. The lowest BCUT2D eigenvalue weighted by Gasteiger charge is -2.09. The molecule has 0 saturated heterocycles. The smallest absolute Gasteiger partial charge is 0.226 e. The molecule has 1 heterocycles. The van der Waals surface area contributed by atoms with Crippen LogP contribution in [0.25, 0.3) is 0 Å². The number of hydrogen-bond donors (Lipinski definition) is 1. The number of hydrogen-bond acceptors (Lipinski definition) is 2. The maximum absolute atomic E-state index is 11.8. The van der Waals surface area contributed by atoms with Crippen molar-refractivity contribution in [3.63, 3.8) is 0 Å². The van der Waals surface area contributed by atoms with Crippen molar-refractivity contribution in [2.75, 3.05) is 5.32 Å². The van der Waals surface area contributed by atoms with Gasteiger partial charge in [-0.25, -0.2) is 0 Å². The fourth-order valence-corrected chi connectivity index (χ4v) is 2.32. The minimum absolute atomic E-state index is 0.0730. The predicted molar refractivity (Wildman–Crippen MR) is 79.4 cm³/mol. The van der Waals surface area contributed by atoms with Gasteiger partial charge in [-0.2, -0.15) is 5.10 Å². The number of halogens is 2. The van der Waals surface area contributed by atoms with Crippen LogP contribution in [0, 0.1) is 6.92 Å². The molecule has 100 valence electrons. The van der Waals surface area contributed by atoms with Gasteiger partial charge >= 0.3 is 0 Å². The third kappa shape index (κ3) is 3.81. The Labute approximate surface area is 124 Å². The largest absolute Gasteiger partial charge is 0.325 e. The number of aromatic nitrogens is 2. The van der Waals surface area contributed by atoms with Gasteiger partial charge in [-0.15, -0.1) is 0 Å². The van der Waals surface area contributed by atoms with Crippen LogP contribution < -0.4 is 5.32 Å². The molecular formula is C13H13BrClN3O. The van der Waals surface area contributed by atoms with E-state index in [9.17, 15) is 4.79 Å². The van der Waals surface area contributed by atoms with Gasteiger partial charge in [-0.3, -0.25) is 9.48 Å². The molecule has 0 fully saturated rings. The molecule has 0 aliphatic heterocycles. The first-order valence-corrected chi connectivity index (χ1v) is 6.96. The van der Waals surface area contributed by atoms with Gasteiger partial charge < -0.3 is 5.32 Å². The molecule has 6 heteroatoms. The van der Waals surface area contributed by atoms with E-state index in [4.69, 9.17) is 11.6 Å². The van der Waals surface area contributed by atoms with Gasteiger partial charge in [0.05, 0.1) is 5.69 Å². The fourth-order valence-electron chi connectivity index (χ4n) is 1.60. The summed E-state index contributed by atoms with van der Waals surface area (Å²) >= 11 is 9.45. The maximum atomic E-state index is 11.8. The van der Waals surface area contributed by atoms with Gasteiger partial charge in [0.25, 0.3) is 0 Å². The molecule has 0 atom stereocenters. The SMILES string of the molecule is Cc1cc(Br)c(NC(=O)CCn2cccn2)cc1Cl. The number of rotatable bonds is 4. The average Bonchev–Trinajstić information content (AvgIpc) is 2.86. The highest BCUT2D eigenvalue weighted by Gasteiger charge is 2.08. The third-order valence-electron chi connectivity index (χ3n) is 2.65. The van der Waals surface area contributed by atoms with Crippen molar-refractivity contribution in [3.8, 4) is 0 Å². The van der Waals surface area contributed by atoms with Crippen LogP contribution in [0.2, 0.25) is 5.02 Å². The topological polar surface area (TPSA) is 46.9 Å². The van der Waals surface area contributed by atoms with E-state index in [0.29, 0.717) is 23.7 Å². The normalized spacial score (nSPS) is 10.5. The summed E-state index contributed by atoms with van der Waals surface area (Å²) in [6, 6.07) is 5.45. The summed E-state index contributed by atoms with van der Waals surface area (Å²) in [6.07, 6.45) is 3.87. The quantitative estimate of drug-likeness (QED) is 0.922. The highest BCUT2D eigenvalue weighted by Crippen LogP contribution is 2.29. The van der Waals surface area contributed by atoms with E-state index in [1.807, 2.05) is 25.3 Å². The van der Waals surface area contributed by atoms with Crippen LogP contribution in [0.15, 0.2) is 35.1 Å². The highest BCUT2D eigenvalue weighted by molar-refractivity contribution is 9.10. The number of benzene rings is 1. The molecule has 2 aromatic rings. The molecular weight excluding hydrogens is 330 g/mol. The average molecular weight is 343 g/mol. The van der Waals surface area contributed by atoms with Crippen molar-refractivity contribution >= 4 is 39.1 Å². The van der Waals surface area contributed by atoms with Crippen molar-refractivity contribution in [1.29, 1.82) is 0 Å². The summed E-state index contributed by atoms with van der Waals surface area (Å²) in [6.45, 7) is 2.46. The molecule has 2 rings (SSSR count). The van der Waals surface area contributed by atoms with Crippen LogP contribution in [0.5, 0.6) is 0 Å². The van der Waals surface area contributed by atoms with E-state index >= 15 is 0 Å². The minimum atomic E-state index is -0.0730. The molecule has 4 nitrogen and oxygen atoms in total. The molecule has 0 bridgehead atoms. The fraction of sp³-hybridized carbons (Fsp3) is 0.231. The number of amides is 1. The van der Waals surface area contributed by atoms with Gasteiger partial charge in [0.2, 0.25) is 5.91 Å². The lowest BCUT2D eigenvalue weighted by atomic mass is 10.2. The van der Waals surface area contributed by atoms with Crippen LogP contribution in [-0.4, -0.2) is 15.7 Å². The number of aryl methyl sites for hydroxylation is 2. The van der Waals surface area contributed by atoms with Crippen LogP contribution in [0.1, 0.15) is 12.0 Å². The Morgan fingerprint density at radius 3 is 3.00 bits per heavy atom. The van der Waals surface area contributed by atoms with E-state index < -0.39 is 0 Å². The summed E-state index contributed by atoms with van der Waals surface area (Å²) in [7, 11) is 0. The lowest BCUT2D eigenvalue weighted by Crippen LogP contribution is -2.15. The molecule has 1 amide bonds. The Morgan fingerprint density at radius 1 is 1.53 bits per heavy atom. The molecule has 19 heavy (non-hydrogen) atoms. The highest BCUT2D eigenvalue weighted by atomic mass is 79.9. The van der Waals surface area contributed by atoms with Gasteiger partial charge in [0.15, 0.2) is 0 Å². The van der Waals surface area contributed by atoms with E-state index in [0.717, 1.165) is 10.0 Å². The number of nitrogens with zero attached hydrogens (tertiary/aromatic N) is 2. The number of carbonyl (C=O) groups is 1. The Kier molecular flexibility index (Phi) is 4.61. The maximum Gasteiger partial charge on any atom is 0.226 e. The predicted octanol–water partition coefficient (Wildman–Crippen LogP) is 3.64. The Bertz CT molecular complexity index is 584. The van der Waals surface area contributed by atoms with E-state index in [1.54, 1.807) is 16.9 Å². The Balaban J connectivity index is 1.97. The van der Waals surface area contributed by atoms with Crippen LogP contribution >= 0.6 is 27.5 Å². The van der Waals surface area contributed by atoms with Crippen LogP contribution in [0.4, 0.5) is 5.69 Å². The van der Waals surface area contributed by atoms with E-state index in [-0.39, 0.29) is 5.91 Å². The first-order valence-electron chi connectivity index (χ1n) is 5.79. The second-order valence-corrected chi connectivity index (χ2v) is 5.41. The summed E-state index contributed by atoms with van der Waals surface area (Å²) in [5.74, 6) is -0.0730. The van der Waals surface area contributed by atoms with Crippen molar-refractivity contribution in [2.24, 2.45) is 0 Å². The minimum Gasteiger partial charge on any atom is -0.325 e. The summed E-state index contributed by atoms with van der Waals surface area (Å²) in [5.41, 5.74) is 1.64. The molecule has 1 aromatic carbocycles. The van der Waals surface area contributed by atoms with Crippen LogP contribution in [-0.2, 0) is 11.3 Å². The Morgan fingerprint density at radius 2 is 2.32 bits per heavy atom. The zero-order valence-electron chi connectivity index (χ0n) is 10.4. The van der Waals surface area contributed by atoms with Gasteiger partial charge in [0, 0.05) is 34.9 Å². The summed E-state index contributed by atoms with van der Waals surface area (Å²) in [5, 5.41) is 7.50. The molecule has 0 unspecified atom stereocenters. The Hall–Kier alpha value is -1.33. The summed E-state index contributed by atoms with van der Waals surface area (Å²) in [4.78, 5) is 11.8. The van der Waals surface area contributed by atoms with Crippen molar-refractivity contribution in [1.82, 2.24) is 9.78 Å². The van der Waals surface area contributed by atoms with Gasteiger partial charge in [0.1, 0.15) is 0 Å². The zero-order chi connectivity index (χ0) is 13.8. The zero-order valence-corrected chi connectivity index (χ0v) is 12.7. The number of anilines is 1. The van der Waals surface area contributed by atoms with E-state index in [2.05, 4.69) is 26.3 Å². The third-order valence-corrected chi connectivity index (χ3v) is 3.71. The second kappa shape index (κ2) is 6.21. The summed E-state index contributed by atoms with van der Waals surface area (Å²) < 4.78 is 2.54. The van der Waals surface area contributed by atoms with Crippen LogP contribution in [0.3, 0.4) is 0 Å². The van der Waals surface area contributed by atoms with Crippen molar-refractivity contribution in [3.05, 3.63) is 45.7 Å².